The van der Waals surface area contributed by atoms with Crippen LogP contribution in [0.25, 0.3) is 0 Å². The first kappa shape index (κ1) is 14.9. The molecule has 1 aliphatic rings. The van der Waals surface area contributed by atoms with Crippen molar-refractivity contribution in [2.45, 2.75) is 38.3 Å². The van der Waals surface area contributed by atoms with E-state index in [-0.39, 0.29) is 11.7 Å². The van der Waals surface area contributed by atoms with Crippen molar-refractivity contribution >= 4 is 21.8 Å². The van der Waals surface area contributed by atoms with Crippen molar-refractivity contribution in [1.29, 1.82) is 0 Å². The molecule has 0 amide bonds. The summed E-state index contributed by atoms with van der Waals surface area (Å²) in [6, 6.07) is 0. The highest BCUT2D eigenvalue weighted by Gasteiger charge is 2.28. The van der Waals surface area contributed by atoms with Crippen LogP contribution in [0, 0.1) is 5.92 Å². The highest BCUT2D eigenvalue weighted by Crippen LogP contribution is 2.27. The number of aromatic amines is 1. The van der Waals surface area contributed by atoms with Gasteiger partial charge in [0.15, 0.2) is 0 Å². The summed E-state index contributed by atoms with van der Waals surface area (Å²) in [5.41, 5.74) is 2.14. The van der Waals surface area contributed by atoms with Gasteiger partial charge in [-0.25, -0.2) is 8.42 Å². The van der Waals surface area contributed by atoms with Gasteiger partial charge < -0.3 is 0 Å². The van der Waals surface area contributed by atoms with Gasteiger partial charge in [-0.2, -0.15) is 9.40 Å². The average Bonchev–Trinajstić information content (AvgIpc) is 2.55. The predicted molar refractivity (Wildman–Crippen MR) is 77.7 cm³/mol. The summed E-state index contributed by atoms with van der Waals surface area (Å²) in [5.74, 6) is 0.367. The fourth-order valence-corrected chi connectivity index (χ4v) is 4.73. The molecule has 7 heteroatoms. The van der Waals surface area contributed by atoms with Crippen LogP contribution < -0.4 is 0 Å². The molecule has 0 atom stereocenters. The van der Waals surface area contributed by atoms with E-state index in [0.29, 0.717) is 13.1 Å². The maximum atomic E-state index is 12.4. The van der Waals surface area contributed by atoms with Crippen LogP contribution in [0.2, 0.25) is 0 Å². The number of sulfonamides is 1. The minimum absolute atomic E-state index is 0.150. The summed E-state index contributed by atoms with van der Waals surface area (Å²) in [7, 11) is -3.17. The Morgan fingerprint density at radius 2 is 2.21 bits per heavy atom. The zero-order chi connectivity index (χ0) is 14.0. The van der Waals surface area contributed by atoms with E-state index in [2.05, 4.69) is 10.2 Å². The third-order valence-corrected chi connectivity index (χ3v) is 6.13. The number of H-pyrrole nitrogens is 1. The maximum absolute atomic E-state index is 12.4. The molecule has 0 saturated heterocycles. The number of aromatic nitrogens is 2. The normalized spacial score (nSPS) is 17.5. The van der Waals surface area contributed by atoms with E-state index < -0.39 is 10.0 Å². The fourth-order valence-electron chi connectivity index (χ4n) is 2.37. The van der Waals surface area contributed by atoms with Crippen LogP contribution in [0.5, 0.6) is 0 Å². The molecule has 108 valence electrons. The minimum Gasteiger partial charge on any atom is -0.281 e. The number of hydrogen-bond acceptors (Lipinski definition) is 4. The van der Waals surface area contributed by atoms with Crippen LogP contribution in [0.4, 0.5) is 0 Å². The van der Waals surface area contributed by atoms with Crippen molar-refractivity contribution < 1.29 is 8.42 Å². The Labute approximate surface area is 119 Å². The molecule has 0 aliphatic carbocycles. The minimum atomic E-state index is -3.17. The lowest BCUT2D eigenvalue weighted by Gasteiger charge is -2.21. The number of rotatable bonds is 4. The smallest absolute Gasteiger partial charge is 0.214 e. The van der Waals surface area contributed by atoms with Gasteiger partial charge >= 0.3 is 0 Å². The Bertz CT molecular complexity index is 537. The van der Waals surface area contributed by atoms with Gasteiger partial charge in [0.1, 0.15) is 5.03 Å². The molecular formula is C12H21N3O2S2. The third-order valence-electron chi connectivity index (χ3n) is 3.21. The number of aryl methyl sites for hydroxylation is 1. The van der Waals surface area contributed by atoms with E-state index in [0.717, 1.165) is 29.1 Å². The summed E-state index contributed by atoms with van der Waals surface area (Å²) in [6.45, 7) is 4.93. The van der Waals surface area contributed by atoms with Crippen molar-refractivity contribution in [2.24, 2.45) is 5.92 Å². The van der Waals surface area contributed by atoms with E-state index in [1.54, 1.807) is 16.1 Å². The van der Waals surface area contributed by atoms with Gasteiger partial charge in [-0.3, -0.25) is 5.10 Å². The van der Waals surface area contributed by atoms with E-state index >= 15 is 0 Å². The molecule has 0 radical (unpaired) electrons. The van der Waals surface area contributed by atoms with Gasteiger partial charge in [-0.05, 0) is 25.0 Å². The molecule has 0 saturated carbocycles. The van der Waals surface area contributed by atoms with Crippen LogP contribution in [0.15, 0.2) is 5.03 Å². The molecule has 1 aromatic rings. The predicted octanol–water partition coefficient (Wildman–Crippen LogP) is 1.87. The second kappa shape index (κ2) is 5.85. The number of hydrogen-bond donors (Lipinski definition) is 1. The molecule has 1 N–H and O–H groups in total. The summed E-state index contributed by atoms with van der Waals surface area (Å²) in [5, 5.41) is 8.21. The van der Waals surface area contributed by atoms with Gasteiger partial charge in [0, 0.05) is 24.3 Å². The lowest BCUT2D eigenvalue weighted by Crippen LogP contribution is -2.34. The Kier molecular flexibility index (Phi) is 4.58. The molecule has 0 fully saturated rings. The van der Waals surface area contributed by atoms with Crippen molar-refractivity contribution in [3.63, 3.8) is 0 Å². The Balaban J connectivity index is 2.26. The first-order valence-electron chi connectivity index (χ1n) is 6.52. The van der Waals surface area contributed by atoms with Gasteiger partial charge in [0.2, 0.25) is 10.0 Å². The van der Waals surface area contributed by atoms with Crippen LogP contribution in [-0.2, 0) is 23.0 Å². The van der Waals surface area contributed by atoms with Crippen LogP contribution in [0.1, 0.15) is 31.5 Å². The number of nitrogens with one attached hydrogen (secondary N) is 1. The van der Waals surface area contributed by atoms with Gasteiger partial charge in [-0.1, -0.05) is 13.8 Å². The Morgan fingerprint density at radius 3 is 2.84 bits per heavy atom. The van der Waals surface area contributed by atoms with E-state index in [1.165, 1.54) is 0 Å². The van der Waals surface area contributed by atoms with Crippen molar-refractivity contribution in [1.82, 2.24) is 14.5 Å². The maximum Gasteiger partial charge on any atom is 0.214 e. The molecule has 5 nitrogen and oxygen atoms in total. The monoisotopic (exact) mass is 303 g/mol. The first-order valence-corrected chi connectivity index (χ1v) is 9.35. The second-order valence-electron chi connectivity index (χ2n) is 5.30. The quantitative estimate of drug-likeness (QED) is 0.862. The molecule has 2 rings (SSSR count). The second-order valence-corrected chi connectivity index (χ2v) is 8.11. The molecule has 1 aliphatic heterocycles. The highest BCUT2D eigenvalue weighted by atomic mass is 32.2. The van der Waals surface area contributed by atoms with E-state index in [4.69, 9.17) is 0 Å². The van der Waals surface area contributed by atoms with Crippen LogP contribution in [0.3, 0.4) is 0 Å². The molecule has 1 aromatic heterocycles. The molecule has 19 heavy (non-hydrogen) atoms. The summed E-state index contributed by atoms with van der Waals surface area (Å²) in [4.78, 5) is 0. The Hall–Kier alpha value is -0.530. The zero-order valence-corrected chi connectivity index (χ0v) is 13.3. The zero-order valence-electron chi connectivity index (χ0n) is 11.6. The van der Waals surface area contributed by atoms with Gasteiger partial charge in [-0.15, -0.1) is 11.8 Å². The molecule has 0 unspecified atom stereocenters. The molecule has 0 bridgehead atoms. The highest BCUT2D eigenvalue weighted by molar-refractivity contribution is 7.98. The van der Waals surface area contributed by atoms with Crippen LogP contribution >= 0.6 is 11.8 Å². The molecule has 0 aromatic carbocycles. The fraction of sp³-hybridized carbons (Fsp3) is 0.750. The van der Waals surface area contributed by atoms with Crippen LogP contribution in [-0.4, -0.2) is 41.5 Å². The van der Waals surface area contributed by atoms with Gasteiger partial charge in [0.05, 0.1) is 5.75 Å². The average molecular weight is 303 g/mol. The van der Waals surface area contributed by atoms with E-state index in [9.17, 15) is 8.42 Å². The van der Waals surface area contributed by atoms with Gasteiger partial charge in [0.25, 0.3) is 0 Å². The lowest BCUT2D eigenvalue weighted by molar-refractivity contribution is 0.403. The summed E-state index contributed by atoms with van der Waals surface area (Å²) < 4.78 is 26.4. The Morgan fingerprint density at radius 1 is 1.47 bits per heavy atom. The third kappa shape index (κ3) is 3.32. The topological polar surface area (TPSA) is 66.1 Å². The lowest BCUT2D eigenvalue weighted by atomic mass is 10.2. The number of nitrogens with zero attached hydrogens (tertiary/aromatic N) is 2. The largest absolute Gasteiger partial charge is 0.281 e. The first-order chi connectivity index (χ1) is 8.94. The number of thioether (sulfide) groups is 1. The molecule has 2 heterocycles. The van der Waals surface area contributed by atoms with Crippen molar-refractivity contribution in [3.8, 4) is 0 Å². The SMILES string of the molecule is CSc1n[nH]c2c1CN(S(=O)(=O)CC(C)C)CCC2. The summed E-state index contributed by atoms with van der Waals surface area (Å²) in [6.07, 6.45) is 3.69. The van der Waals surface area contributed by atoms with Crippen molar-refractivity contribution in [2.75, 3.05) is 18.6 Å². The molecular weight excluding hydrogens is 282 g/mol. The summed E-state index contributed by atoms with van der Waals surface area (Å²) >= 11 is 1.56. The standard InChI is InChI=1S/C12H21N3O2S2/c1-9(2)8-19(16,17)15-6-4-5-11-10(7-15)12(18-3)14-13-11/h9H,4-8H2,1-3H3,(H,13,14). The number of fused-ring (bicyclic) bond motifs is 1. The van der Waals surface area contributed by atoms with E-state index in [1.807, 2.05) is 20.1 Å². The van der Waals surface area contributed by atoms with Crippen molar-refractivity contribution in [3.05, 3.63) is 11.3 Å². The molecule has 0 spiro atoms.